The summed E-state index contributed by atoms with van der Waals surface area (Å²) in [7, 11) is 0. The Morgan fingerprint density at radius 2 is 1.79 bits per heavy atom. The third kappa shape index (κ3) is 5.24. The first-order valence-electron chi connectivity index (χ1n) is 9.74. The van der Waals surface area contributed by atoms with Gasteiger partial charge in [0, 0.05) is 26.2 Å². The third-order valence-corrected chi connectivity index (χ3v) is 5.01. The van der Waals surface area contributed by atoms with Crippen molar-refractivity contribution in [2.45, 2.75) is 19.5 Å². The molecule has 1 amide bonds. The molecule has 2 heterocycles. The van der Waals surface area contributed by atoms with Crippen molar-refractivity contribution in [1.29, 1.82) is 0 Å². The van der Waals surface area contributed by atoms with Crippen LogP contribution in [0.15, 0.2) is 54.9 Å². The number of morpholine rings is 1. The van der Waals surface area contributed by atoms with Crippen LogP contribution in [0, 0.1) is 0 Å². The lowest BCUT2D eigenvalue weighted by atomic mass is 10.1. The lowest BCUT2D eigenvalue weighted by molar-refractivity contribution is -0.120. The van der Waals surface area contributed by atoms with Crippen molar-refractivity contribution in [3.8, 4) is 5.69 Å². The molecule has 8 heteroatoms. The number of hydrogen-bond donors (Lipinski definition) is 1. The number of rotatable bonds is 7. The zero-order valence-corrected chi connectivity index (χ0v) is 16.2. The van der Waals surface area contributed by atoms with E-state index in [2.05, 4.69) is 37.9 Å². The molecule has 8 nitrogen and oxygen atoms in total. The molecule has 1 aliphatic rings. The number of nitrogens with zero attached hydrogens (tertiary/aromatic N) is 5. The van der Waals surface area contributed by atoms with Crippen LogP contribution in [-0.4, -0.2) is 57.3 Å². The second kappa shape index (κ2) is 9.40. The molecule has 1 aliphatic heterocycles. The van der Waals surface area contributed by atoms with Crippen molar-refractivity contribution >= 4 is 5.91 Å². The lowest BCUT2D eigenvalue weighted by Crippen LogP contribution is -2.36. The molecule has 1 saturated heterocycles. The number of ether oxygens (including phenoxy) is 1. The minimum absolute atomic E-state index is 0.00125. The molecule has 1 fully saturated rings. The van der Waals surface area contributed by atoms with E-state index in [-0.39, 0.29) is 5.91 Å². The molecule has 1 aromatic heterocycles. The quantitative estimate of drug-likeness (QED) is 0.653. The minimum Gasteiger partial charge on any atom is -0.379 e. The fraction of sp³-hybridized carbons (Fsp3) is 0.333. The Morgan fingerprint density at radius 1 is 1.03 bits per heavy atom. The highest BCUT2D eigenvalue weighted by atomic mass is 16.5. The normalized spacial score (nSPS) is 14.6. The molecule has 0 spiro atoms. The second-order valence-electron chi connectivity index (χ2n) is 7.03. The van der Waals surface area contributed by atoms with Gasteiger partial charge in [-0.2, -0.15) is 0 Å². The maximum absolute atomic E-state index is 12.4. The van der Waals surface area contributed by atoms with Gasteiger partial charge in [0.15, 0.2) is 0 Å². The fourth-order valence-corrected chi connectivity index (χ4v) is 3.37. The second-order valence-corrected chi connectivity index (χ2v) is 7.03. The van der Waals surface area contributed by atoms with Crippen LogP contribution >= 0.6 is 0 Å². The number of aromatic nitrogens is 4. The summed E-state index contributed by atoms with van der Waals surface area (Å²) in [5, 5.41) is 14.2. The Morgan fingerprint density at radius 3 is 2.52 bits per heavy atom. The van der Waals surface area contributed by atoms with E-state index in [9.17, 15) is 4.79 Å². The summed E-state index contributed by atoms with van der Waals surface area (Å²) in [5.74, 6) is 0.00125. The van der Waals surface area contributed by atoms with Gasteiger partial charge in [-0.05, 0) is 39.2 Å². The van der Waals surface area contributed by atoms with Gasteiger partial charge in [-0.3, -0.25) is 9.69 Å². The van der Waals surface area contributed by atoms with Gasteiger partial charge < -0.3 is 10.1 Å². The Bertz CT molecular complexity index is 921. The highest BCUT2D eigenvalue weighted by molar-refractivity contribution is 5.78. The third-order valence-electron chi connectivity index (χ3n) is 5.01. The van der Waals surface area contributed by atoms with Crippen molar-refractivity contribution in [3.63, 3.8) is 0 Å². The number of hydrogen-bond acceptors (Lipinski definition) is 6. The van der Waals surface area contributed by atoms with Crippen LogP contribution in [0.4, 0.5) is 0 Å². The molecule has 0 bridgehead atoms. The van der Waals surface area contributed by atoms with Crippen molar-refractivity contribution in [2.75, 3.05) is 26.3 Å². The predicted molar refractivity (Wildman–Crippen MR) is 107 cm³/mol. The van der Waals surface area contributed by atoms with Crippen LogP contribution in [0.3, 0.4) is 0 Å². The topological polar surface area (TPSA) is 85.2 Å². The van der Waals surface area contributed by atoms with Crippen LogP contribution < -0.4 is 5.32 Å². The fourth-order valence-electron chi connectivity index (χ4n) is 3.37. The molecular formula is C21H24N6O2. The summed E-state index contributed by atoms with van der Waals surface area (Å²) in [4.78, 5) is 14.8. The van der Waals surface area contributed by atoms with Gasteiger partial charge in [0.2, 0.25) is 5.91 Å². The van der Waals surface area contributed by atoms with E-state index in [1.165, 1.54) is 11.9 Å². The molecule has 0 unspecified atom stereocenters. The summed E-state index contributed by atoms with van der Waals surface area (Å²) >= 11 is 0. The standard InChI is InChI=1S/C21H24N6O2/c28-21(13-17-5-7-20(8-6-17)27-16-23-24-25-27)22-14-18-3-1-2-4-19(18)15-26-9-11-29-12-10-26/h1-8,16H,9-15H2,(H,22,28). The molecular weight excluding hydrogens is 368 g/mol. The summed E-state index contributed by atoms with van der Waals surface area (Å²) < 4.78 is 7.00. The summed E-state index contributed by atoms with van der Waals surface area (Å²) in [6.07, 6.45) is 1.87. The van der Waals surface area contributed by atoms with E-state index in [4.69, 9.17) is 4.74 Å². The van der Waals surface area contributed by atoms with Crippen LogP contribution in [0.5, 0.6) is 0 Å². The van der Waals surface area contributed by atoms with Gasteiger partial charge in [0.25, 0.3) is 0 Å². The Kier molecular flexibility index (Phi) is 6.23. The number of benzene rings is 2. The molecule has 0 atom stereocenters. The van der Waals surface area contributed by atoms with Gasteiger partial charge >= 0.3 is 0 Å². The van der Waals surface area contributed by atoms with Crippen molar-refractivity contribution < 1.29 is 9.53 Å². The molecule has 0 radical (unpaired) electrons. The number of tetrazole rings is 1. The first-order chi connectivity index (χ1) is 14.3. The molecule has 1 N–H and O–H groups in total. The van der Waals surface area contributed by atoms with Gasteiger partial charge in [0.05, 0.1) is 25.3 Å². The van der Waals surface area contributed by atoms with Gasteiger partial charge in [-0.15, -0.1) is 5.10 Å². The van der Waals surface area contributed by atoms with E-state index in [0.717, 1.165) is 49.7 Å². The average Bonchev–Trinajstić information content (AvgIpc) is 3.29. The zero-order valence-electron chi connectivity index (χ0n) is 16.2. The smallest absolute Gasteiger partial charge is 0.224 e. The van der Waals surface area contributed by atoms with Gasteiger partial charge in [-0.25, -0.2) is 4.68 Å². The number of carbonyl (C=O) groups excluding carboxylic acids is 1. The number of carbonyl (C=O) groups is 1. The monoisotopic (exact) mass is 392 g/mol. The molecule has 4 rings (SSSR count). The average molecular weight is 392 g/mol. The molecule has 0 saturated carbocycles. The van der Waals surface area contributed by atoms with Crippen LogP contribution in [-0.2, 0) is 29.0 Å². The predicted octanol–water partition coefficient (Wildman–Crippen LogP) is 1.35. The lowest BCUT2D eigenvalue weighted by Gasteiger charge is -2.27. The molecule has 150 valence electrons. The Balaban J connectivity index is 1.31. The van der Waals surface area contributed by atoms with Gasteiger partial charge in [0.1, 0.15) is 6.33 Å². The maximum Gasteiger partial charge on any atom is 0.224 e. The van der Waals surface area contributed by atoms with E-state index in [0.29, 0.717) is 13.0 Å². The minimum atomic E-state index is 0.00125. The highest BCUT2D eigenvalue weighted by Gasteiger charge is 2.13. The van der Waals surface area contributed by atoms with E-state index < -0.39 is 0 Å². The van der Waals surface area contributed by atoms with Crippen molar-refractivity contribution in [1.82, 2.24) is 30.4 Å². The van der Waals surface area contributed by atoms with Crippen LogP contribution in [0.1, 0.15) is 16.7 Å². The SMILES string of the molecule is O=C(Cc1ccc(-n2cnnn2)cc1)NCc1ccccc1CN1CCOCC1. The Labute approximate surface area is 169 Å². The number of amides is 1. The maximum atomic E-state index is 12.4. The van der Waals surface area contributed by atoms with Crippen LogP contribution in [0.2, 0.25) is 0 Å². The summed E-state index contributed by atoms with van der Waals surface area (Å²) in [5.41, 5.74) is 4.21. The molecule has 2 aromatic carbocycles. The summed E-state index contributed by atoms with van der Waals surface area (Å²) in [6, 6.07) is 15.9. The summed E-state index contributed by atoms with van der Waals surface area (Å²) in [6.45, 7) is 4.87. The van der Waals surface area contributed by atoms with Crippen LogP contribution in [0.25, 0.3) is 5.69 Å². The van der Waals surface area contributed by atoms with Crippen molar-refractivity contribution in [2.24, 2.45) is 0 Å². The van der Waals surface area contributed by atoms with E-state index in [1.54, 1.807) is 4.68 Å². The molecule has 0 aliphatic carbocycles. The van der Waals surface area contributed by atoms with Crippen molar-refractivity contribution in [3.05, 3.63) is 71.5 Å². The molecule has 3 aromatic rings. The van der Waals surface area contributed by atoms with Gasteiger partial charge in [-0.1, -0.05) is 36.4 Å². The van der Waals surface area contributed by atoms with E-state index in [1.807, 2.05) is 36.4 Å². The number of nitrogens with one attached hydrogen (secondary N) is 1. The first kappa shape index (κ1) is 19.2. The largest absolute Gasteiger partial charge is 0.379 e. The Hall–Kier alpha value is -3.10. The molecule has 29 heavy (non-hydrogen) atoms. The van der Waals surface area contributed by atoms with E-state index >= 15 is 0 Å². The first-order valence-corrected chi connectivity index (χ1v) is 9.74. The highest BCUT2D eigenvalue weighted by Crippen LogP contribution is 2.13. The zero-order chi connectivity index (χ0) is 19.9.